The van der Waals surface area contributed by atoms with Gasteiger partial charge >= 0.3 is 0 Å². The molecule has 0 spiro atoms. The highest BCUT2D eigenvalue weighted by atomic mass is 35.5. The molecule has 1 heterocycles. The SMILES string of the molecule is CC(=O)N=c1c(-c2ccc(Cl)cc2)c2oc3ccccc3nc-2c2ccccc12. The van der Waals surface area contributed by atoms with Gasteiger partial charge in [0.05, 0.1) is 10.9 Å². The molecule has 3 aromatic rings. The number of nitrogens with zero attached hydrogens (tertiary/aromatic N) is 2. The van der Waals surface area contributed by atoms with Crippen molar-refractivity contribution in [2.45, 2.75) is 6.92 Å². The second-order valence-electron chi connectivity index (χ2n) is 6.77. The molecule has 0 aromatic heterocycles. The molecule has 0 N–H and O–H groups in total. The van der Waals surface area contributed by atoms with Crippen LogP contribution in [0.5, 0.6) is 0 Å². The fourth-order valence-corrected chi connectivity index (χ4v) is 3.74. The first kappa shape index (κ1) is 17.6. The van der Waals surface area contributed by atoms with Gasteiger partial charge in [-0.25, -0.2) is 9.98 Å². The summed E-state index contributed by atoms with van der Waals surface area (Å²) in [6.07, 6.45) is 0. The van der Waals surface area contributed by atoms with Gasteiger partial charge in [-0.05, 0) is 29.8 Å². The lowest BCUT2D eigenvalue weighted by Gasteiger charge is -2.16. The van der Waals surface area contributed by atoms with Crippen molar-refractivity contribution < 1.29 is 9.21 Å². The number of para-hydroxylation sites is 2. The maximum Gasteiger partial charge on any atom is 0.243 e. The molecule has 4 nitrogen and oxygen atoms in total. The van der Waals surface area contributed by atoms with Crippen molar-refractivity contribution in [1.82, 2.24) is 4.98 Å². The topological polar surface area (TPSA) is 55.5 Å². The van der Waals surface area contributed by atoms with Crippen molar-refractivity contribution in [1.29, 1.82) is 0 Å². The van der Waals surface area contributed by atoms with E-state index in [4.69, 9.17) is 21.0 Å². The molecule has 5 rings (SSSR count). The minimum Gasteiger partial charge on any atom is -0.452 e. The summed E-state index contributed by atoms with van der Waals surface area (Å²) >= 11 is 6.10. The second kappa shape index (κ2) is 6.83. The monoisotopic (exact) mass is 398 g/mol. The number of hydrogen-bond donors (Lipinski definition) is 0. The number of halogens is 1. The third kappa shape index (κ3) is 2.98. The zero-order chi connectivity index (χ0) is 20.0. The van der Waals surface area contributed by atoms with E-state index in [1.54, 1.807) is 0 Å². The molecule has 140 valence electrons. The summed E-state index contributed by atoms with van der Waals surface area (Å²) in [7, 11) is 0. The molecule has 1 aliphatic carbocycles. The summed E-state index contributed by atoms with van der Waals surface area (Å²) in [5.74, 6) is 0.309. The molecule has 5 heteroatoms. The van der Waals surface area contributed by atoms with Crippen LogP contribution in [-0.4, -0.2) is 10.9 Å². The highest BCUT2D eigenvalue weighted by Gasteiger charge is 2.22. The summed E-state index contributed by atoms with van der Waals surface area (Å²) in [5.41, 5.74) is 3.74. The largest absolute Gasteiger partial charge is 0.452 e. The number of aromatic nitrogens is 1. The van der Waals surface area contributed by atoms with E-state index in [1.165, 1.54) is 6.92 Å². The Morgan fingerprint density at radius 3 is 2.38 bits per heavy atom. The van der Waals surface area contributed by atoms with Crippen LogP contribution in [0.3, 0.4) is 0 Å². The van der Waals surface area contributed by atoms with Gasteiger partial charge < -0.3 is 4.42 Å². The van der Waals surface area contributed by atoms with Crippen molar-refractivity contribution >= 4 is 39.4 Å². The van der Waals surface area contributed by atoms with Gasteiger partial charge in [0.2, 0.25) is 5.91 Å². The summed E-state index contributed by atoms with van der Waals surface area (Å²) < 4.78 is 6.33. The number of rotatable bonds is 1. The third-order valence-corrected chi connectivity index (χ3v) is 5.08. The second-order valence-corrected chi connectivity index (χ2v) is 7.20. The minimum absolute atomic E-state index is 0.279. The summed E-state index contributed by atoms with van der Waals surface area (Å²) in [6, 6.07) is 22.8. The van der Waals surface area contributed by atoms with E-state index >= 15 is 0 Å². The van der Waals surface area contributed by atoms with Crippen LogP contribution in [0.15, 0.2) is 82.2 Å². The Balaban J connectivity index is 2.07. The molecule has 0 saturated heterocycles. The van der Waals surface area contributed by atoms with Crippen LogP contribution in [0.25, 0.3) is 44.5 Å². The average Bonchev–Trinajstić information content (AvgIpc) is 2.73. The van der Waals surface area contributed by atoms with E-state index in [0.717, 1.165) is 33.1 Å². The van der Waals surface area contributed by atoms with Crippen LogP contribution in [0.4, 0.5) is 0 Å². The quantitative estimate of drug-likeness (QED) is 0.263. The molecule has 29 heavy (non-hydrogen) atoms. The lowest BCUT2D eigenvalue weighted by atomic mass is 9.94. The van der Waals surface area contributed by atoms with Crippen molar-refractivity contribution in [2.75, 3.05) is 0 Å². The number of fused-ring (bicyclic) bond motifs is 4. The van der Waals surface area contributed by atoms with Crippen molar-refractivity contribution in [2.24, 2.45) is 4.99 Å². The van der Waals surface area contributed by atoms with E-state index in [9.17, 15) is 4.79 Å². The molecule has 3 aromatic carbocycles. The van der Waals surface area contributed by atoms with Gasteiger partial charge in [0.15, 0.2) is 11.3 Å². The normalized spacial score (nSPS) is 12.1. The summed E-state index contributed by atoms with van der Waals surface area (Å²) in [5, 5.41) is 2.93. The Kier molecular flexibility index (Phi) is 4.14. The molecule has 1 amide bonds. The standard InChI is InChI=1S/C24H15ClN2O2/c1-14(28)26-22-17-6-2-3-7-18(17)23-24(21(22)15-10-12-16(25)13-11-15)29-20-9-5-4-8-19(20)27-23/h2-13H,1H3. The predicted octanol–water partition coefficient (Wildman–Crippen LogP) is 5.85. The smallest absolute Gasteiger partial charge is 0.243 e. The fourth-order valence-electron chi connectivity index (χ4n) is 3.61. The minimum atomic E-state index is -0.279. The molecule has 0 fully saturated rings. The summed E-state index contributed by atoms with van der Waals surface area (Å²) in [6.45, 7) is 1.44. The molecule has 0 unspecified atom stereocenters. The molecule has 0 saturated carbocycles. The van der Waals surface area contributed by atoms with E-state index in [-0.39, 0.29) is 5.91 Å². The molecule has 2 aliphatic rings. The average molecular weight is 399 g/mol. The van der Waals surface area contributed by atoms with Crippen LogP contribution in [-0.2, 0) is 4.79 Å². The highest BCUT2D eigenvalue weighted by molar-refractivity contribution is 6.30. The van der Waals surface area contributed by atoms with E-state index in [0.29, 0.717) is 21.7 Å². The third-order valence-electron chi connectivity index (χ3n) is 4.83. The number of amides is 1. The van der Waals surface area contributed by atoms with Gasteiger partial charge in [-0.3, -0.25) is 4.79 Å². The Morgan fingerprint density at radius 2 is 1.62 bits per heavy atom. The van der Waals surface area contributed by atoms with Gasteiger partial charge in [-0.2, -0.15) is 0 Å². The molecule has 0 bridgehead atoms. The number of benzene rings is 4. The van der Waals surface area contributed by atoms with Gasteiger partial charge in [0.1, 0.15) is 11.2 Å². The number of carbonyl (C=O) groups is 1. The first-order valence-corrected chi connectivity index (χ1v) is 9.55. The van der Waals surface area contributed by atoms with Crippen LogP contribution in [0.1, 0.15) is 6.92 Å². The first-order chi connectivity index (χ1) is 14.1. The molecule has 0 atom stereocenters. The Bertz CT molecular complexity index is 1440. The highest BCUT2D eigenvalue weighted by Crippen LogP contribution is 2.37. The van der Waals surface area contributed by atoms with E-state index < -0.39 is 0 Å². The van der Waals surface area contributed by atoms with Crippen molar-refractivity contribution in [3.8, 4) is 22.6 Å². The Labute approximate surface area is 171 Å². The van der Waals surface area contributed by atoms with Gasteiger partial charge in [0, 0.05) is 22.7 Å². The van der Waals surface area contributed by atoms with E-state index in [2.05, 4.69) is 4.99 Å². The first-order valence-electron chi connectivity index (χ1n) is 9.17. The fraction of sp³-hybridized carbons (Fsp3) is 0.0417. The maximum absolute atomic E-state index is 12.0. The van der Waals surface area contributed by atoms with Gasteiger partial charge in [-0.15, -0.1) is 0 Å². The lowest BCUT2D eigenvalue weighted by molar-refractivity contribution is -0.116. The number of carbonyl (C=O) groups excluding carboxylic acids is 1. The van der Waals surface area contributed by atoms with E-state index in [1.807, 2.05) is 72.8 Å². The maximum atomic E-state index is 12.0. The van der Waals surface area contributed by atoms with Crippen LogP contribution < -0.4 is 5.36 Å². The lowest BCUT2D eigenvalue weighted by Crippen LogP contribution is -2.14. The Hall–Kier alpha value is -3.50. The van der Waals surface area contributed by atoms with Gasteiger partial charge in [0.25, 0.3) is 0 Å². The molecular weight excluding hydrogens is 384 g/mol. The van der Waals surface area contributed by atoms with Gasteiger partial charge in [-0.1, -0.05) is 60.1 Å². The predicted molar refractivity (Wildman–Crippen MR) is 115 cm³/mol. The van der Waals surface area contributed by atoms with Crippen LogP contribution in [0.2, 0.25) is 5.02 Å². The van der Waals surface area contributed by atoms with Crippen LogP contribution in [0, 0.1) is 0 Å². The van der Waals surface area contributed by atoms with Crippen molar-refractivity contribution in [3.05, 3.63) is 83.2 Å². The van der Waals surface area contributed by atoms with Crippen molar-refractivity contribution in [3.63, 3.8) is 0 Å². The zero-order valence-corrected chi connectivity index (χ0v) is 16.3. The molecule has 1 aliphatic heterocycles. The Morgan fingerprint density at radius 1 is 0.931 bits per heavy atom. The molecular formula is C24H15ClN2O2. The van der Waals surface area contributed by atoms with Crippen LogP contribution >= 0.6 is 11.6 Å². The summed E-state index contributed by atoms with van der Waals surface area (Å²) in [4.78, 5) is 21.2. The number of hydrogen-bond acceptors (Lipinski definition) is 3. The zero-order valence-electron chi connectivity index (χ0n) is 15.5. The molecule has 0 radical (unpaired) electrons.